The number of ether oxygens (including phenoxy) is 1. The fourth-order valence-electron chi connectivity index (χ4n) is 3.94. The van der Waals surface area contributed by atoms with E-state index in [1.807, 2.05) is 51.1 Å². The van der Waals surface area contributed by atoms with Crippen LogP contribution < -0.4 is 10.1 Å². The van der Waals surface area contributed by atoms with Crippen molar-refractivity contribution in [3.63, 3.8) is 0 Å². The molecule has 0 saturated carbocycles. The monoisotopic (exact) mass is 445 g/mol. The van der Waals surface area contributed by atoms with E-state index in [9.17, 15) is 9.59 Å². The molecule has 2 aromatic heterocycles. The number of allylic oxidation sites excluding steroid dienone is 1. The van der Waals surface area contributed by atoms with Gasteiger partial charge in [0, 0.05) is 23.9 Å². The number of rotatable bonds is 6. The van der Waals surface area contributed by atoms with Crippen LogP contribution in [0.4, 0.5) is 0 Å². The Hall–Kier alpha value is -3.81. The number of pyridine rings is 1. The van der Waals surface area contributed by atoms with Crippen LogP contribution in [0.2, 0.25) is 0 Å². The van der Waals surface area contributed by atoms with Gasteiger partial charge in [-0.2, -0.15) is 5.10 Å². The van der Waals surface area contributed by atoms with E-state index in [0.717, 1.165) is 16.9 Å². The van der Waals surface area contributed by atoms with Crippen molar-refractivity contribution < 1.29 is 14.3 Å². The molecule has 3 aromatic rings. The summed E-state index contributed by atoms with van der Waals surface area (Å²) in [5.41, 5.74) is 4.17. The number of nitrogens with one attached hydrogen (secondary N) is 1. The number of aliphatic imine (C=N–C) groups is 1. The van der Waals surface area contributed by atoms with Crippen LogP contribution in [0.1, 0.15) is 44.1 Å². The highest BCUT2D eigenvalue weighted by molar-refractivity contribution is 6.08. The Morgan fingerprint density at radius 3 is 2.58 bits per heavy atom. The molecule has 0 radical (unpaired) electrons. The number of aromatic nitrogens is 3. The number of hydrogen-bond donors (Lipinski definition) is 1. The first-order valence-electron chi connectivity index (χ1n) is 10.9. The van der Waals surface area contributed by atoms with Gasteiger partial charge in [-0.05, 0) is 64.1 Å². The maximum atomic E-state index is 13.3. The molecular formula is C25H27N5O3. The van der Waals surface area contributed by atoms with E-state index in [-0.39, 0.29) is 24.4 Å². The second-order valence-corrected chi connectivity index (χ2v) is 8.45. The Kier molecular flexibility index (Phi) is 6.09. The van der Waals surface area contributed by atoms with E-state index < -0.39 is 5.92 Å². The molecule has 170 valence electrons. The van der Waals surface area contributed by atoms with E-state index in [2.05, 4.69) is 15.4 Å². The zero-order valence-corrected chi connectivity index (χ0v) is 19.4. The lowest BCUT2D eigenvalue weighted by molar-refractivity contribution is -0.120. The van der Waals surface area contributed by atoms with Crippen LogP contribution in [0.25, 0.3) is 22.3 Å². The first-order valence-corrected chi connectivity index (χ1v) is 10.9. The topological polar surface area (TPSA) is 98.5 Å². The van der Waals surface area contributed by atoms with Crippen LogP contribution in [0.3, 0.4) is 0 Å². The molecule has 0 aliphatic carbocycles. The van der Waals surface area contributed by atoms with Gasteiger partial charge in [0.15, 0.2) is 5.65 Å². The molecule has 3 heterocycles. The van der Waals surface area contributed by atoms with Gasteiger partial charge in [-0.25, -0.2) is 14.7 Å². The van der Waals surface area contributed by atoms with E-state index in [1.54, 1.807) is 31.0 Å². The number of hydrogen-bond acceptors (Lipinski definition) is 5. The third kappa shape index (κ3) is 4.41. The van der Waals surface area contributed by atoms with E-state index in [1.165, 1.54) is 0 Å². The van der Waals surface area contributed by atoms with Crippen LogP contribution in [0.15, 0.2) is 53.2 Å². The summed E-state index contributed by atoms with van der Waals surface area (Å²) in [5.74, 6) is -0.246. The fraction of sp³-hybridized carbons (Fsp3) is 0.320. The van der Waals surface area contributed by atoms with E-state index >= 15 is 0 Å². The van der Waals surface area contributed by atoms with Gasteiger partial charge in [-0.15, -0.1) is 0 Å². The zero-order valence-electron chi connectivity index (χ0n) is 19.4. The second kappa shape index (κ2) is 8.97. The molecule has 0 bridgehead atoms. The summed E-state index contributed by atoms with van der Waals surface area (Å²) in [6, 6.07) is 9.35. The number of fused-ring (bicyclic) bond motifs is 1. The molecule has 33 heavy (non-hydrogen) atoms. The van der Waals surface area contributed by atoms with Crippen molar-refractivity contribution in [3.8, 4) is 17.0 Å². The van der Waals surface area contributed by atoms with Crippen molar-refractivity contribution in [2.24, 2.45) is 10.9 Å². The molecule has 0 saturated heterocycles. The molecule has 4 rings (SSSR count). The molecule has 1 aromatic carbocycles. The van der Waals surface area contributed by atoms with Crippen molar-refractivity contribution in [1.29, 1.82) is 0 Å². The molecule has 1 unspecified atom stereocenters. The van der Waals surface area contributed by atoms with Crippen LogP contribution in [0, 0.1) is 5.92 Å². The molecule has 2 amide bonds. The van der Waals surface area contributed by atoms with Crippen molar-refractivity contribution in [2.45, 2.75) is 33.7 Å². The smallest absolute Gasteiger partial charge is 0.254 e. The third-order valence-corrected chi connectivity index (χ3v) is 5.72. The Morgan fingerprint density at radius 2 is 1.94 bits per heavy atom. The molecule has 8 nitrogen and oxygen atoms in total. The summed E-state index contributed by atoms with van der Waals surface area (Å²) < 4.78 is 7.05. The van der Waals surface area contributed by atoms with Gasteiger partial charge < -0.3 is 10.1 Å². The minimum absolute atomic E-state index is 0.0748. The van der Waals surface area contributed by atoms with E-state index in [4.69, 9.17) is 9.72 Å². The molecule has 0 spiro atoms. The number of amides is 2. The number of dihydropyridines is 1. The molecule has 1 N–H and O–H groups in total. The largest absolute Gasteiger partial charge is 0.497 e. The Bertz CT molecular complexity index is 1290. The highest BCUT2D eigenvalue weighted by Gasteiger charge is 2.25. The molecule has 1 atom stereocenters. The first kappa shape index (κ1) is 22.4. The lowest BCUT2D eigenvalue weighted by Crippen LogP contribution is -2.34. The second-order valence-electron chi connectivity index (χ2n) is 8.45. The van der Waals surface area contributed by atoms with Crippen LogP contribution >= 0.6 is 0 Å². The van der Waals surface area contributed by atoms with E-state index in [0.29, 0.717) is 28.0 Å². The summed E-state index contributed by atoms with van der Waals surface area (Å²) in [6.45, 7) is 7.88. The maximum Gasteiger partial charge on any atom is 0.254 e. The normalized spacial score (nSPS) is 16.1. The highest BCUT2D eigenvalue weighted by atomic mass is 16.5. The average molecular weight is 446 g/mol. The Morgan fingerprint density at radius 1 is 1.21 bits per heavy atom. The van der Waals surface area contributed by atoms with Gasteiger partial charge in [-0.3, -0.25) is 9.59 Å². The molecular weight excluding hydrogens is 418 g/mol. The van der Waals surface area contributed by atoms with Crippen molar-refractivity contribution in [2.75, 3.05) is 13.7 Å². The summed E-state index contributed by atoms with van der Waals surface area (Å²) in [5, 5.41) is 8.03. The van der Waals surface area contributed by atoms with Crippen LogP contribution in [0.5, 0.6) is 5.75 Å². The van der Waals surface area contributed by atoms with Gasteiger partial charge in [-0.1, -0.05) is 5.57 Å². The van der Waals surface area contributed by atoms with Crippen LogP contribution in [-0.2, 0) is 4.79 Å². The SMILES string of the molecule is COc1ccc(-c2cc(C(=O)NCC3C(=O)N=C(C)C=C3C)c3cnn(C(C)C)c3n2)cc1. The quantitative estimate of drug-likeness (QED) is 0.619. The lowest BCUT2D eigenvalue weighted by atomic mass is 9.95. The van der Waals surface area contributed by atoms with Gasteiger partial charge in [0.05, 0.1) is 35.9 Å². The maximum absolute atomic E-state index is 13.3. The minimum atomic E-state index is -0.463. The van der Waals surface area contributed by atoms with Crippen molar-refractivity contribution >= 4 is 28.6 Å². The number of methoxy groups -OCH3 is 1. The van der Waals surface area contributed by atoms with Crippen LogP contribution in [-0.4, -0.2) is 45.9 Å². The number of nitrogens with zero attached hydrogens (tertiary/aromatic N) is 4. The number of carbonyl (C=O) groups excluding carboxylic acids is 2. The lowest BCUT2D eigenvalue weighted by Gasteiger charge is -2.19. The van der Waals surface area contributed by atoms with Gasteiger partial charge in [0.1, 0.15) is 5.75 Å². The average Bonchev–Trinajstić information content (AvgIpc) is 3.22. The molecule has 1 aliphatic heterocycles. The van der Waals surface area contributed by atoms with Gasteiger partial charge in [0.2, 0.25) is 0 Å². The zero-order chi connectivity index (χ0) is 23.7. The summed E-state index contributed by atoms with van der Waals surface area (Å²) >= 11 is 0. The number of benzene rings is 1. The summed E-state index contributed by atoms with van der Waals surface area (Å²) in [6.07, 6.45) is 3.54. The third-order valence-electron chi connectivity index (χ3n) is 5.72. The van der Waals surface area contributed by atoms with Crippen molar-refractivity contribution in [1.82, 2.24) is 20.1 Å². The first-order chi connectivity index (χ1) is 15.8. The Labute approximate surface area is 192 Å². The summed E-state index contributed by atoms with van der Waals surface area (Å²) in [7, 11) is 1.61. The standard InChI is InChI=1S/C25H27N5O3/c1-14(2)30-23-21(13-27-30)19(11-22(29-23)17-6-8-18(33-5)9-7-17)24(31)26-12-20-15(3)10-16(4)28-25(20)32/h6-11,13-14,20H,12H2,1-5H3,(H,26,31). The molecule has 0 fully saturated rings. The Balaban J connectivity index is 1.70. The van der Waals surface area contributed by atoms with Crippen molar-refractivity contribution in [3.05, 3.63) is 53.7 Å². The summed E-state index contributed by atoms with van der Waals surface area (Å²) in [4.78, 5) is 34.4. The minimum Gasteiger partial charge on any atom is -0.497 e. The fourth-order valence-corrected chi connectivity index (χ4v) is 3.94. The molecule has 1 aliphatic rings. The highest BCUT2D eigenvalue weighted by Crippen LogP contribution is 2.28. The number of carbonyl (C=O) groups is 2. The van der Waals surface area contributed by atoms with Gasteiger partial charge >= 0.3 is 0 Å². The van der Waals surface area contributed by atoms with Gasteiger partial charge in [0.25, 0.3) is 11.8 Å². The predicted molar refractivity (Wildman–Crippen MR) is 128 cm³/mol. The molecule has 8 heteroatoms. The predicted octanol–water partition coefficient (Wildman–Crippen LogP) is 3.98.